The van der Waals surface area contributed by atoms with Crippen molar-refractivity contribution in [2.45, 2.75) is 33.8 Å². The monoisotopic (exact) mass is 202 g/mol. The number of hydrogen-bond donors (Lipinski definition) is 2. The van der Waals surface area contributed by atoms with E-state index in [1.54, 1.807) is 0 Å². The lowest BCUT2D eigenvalue weighted by Gasteiger charge is -2.25. The average molecular weight is 202 g/mol. The molecule has 1 unspecified atom stereocenters. The largest absolute Gasteiger partial charge is 0.390 e. The molecule has 3 heteroatoms. The van der Waals surface area contributed by atoms with Crippen molar-refractivity contribution in [3.63, 3.8) is 0 Å². The normalized spacial score (nSPS) is 13.9. The quantitative estimate of drug-likeness (QED) is 0.615. The Balaban J connectivity index is 3.68. The van der Waals surface area contributed by atoms with Gasteiger partial charge in [0.15, 0.2) is 0 Å². The van der Waals surface area contributed by atoms with Gasteiger partial charge in [-0.2, -0.15) is 0 Å². The van der Waals surface area contributed by atoms with Gasteiger partial charge in [0, 0.05) is 19.6 Å². The number of rotatable bonds is 8. The fraction of sp³-hybridized carbons (Fsp3) is 1.00. The van der Waals surface area contributed by atoms with Crippen LogP contribution in [-0.4, -0.2) is 48.8 Å². The number of likely N-dealkylation sites (N-methyl/N-ethyl adjacent to an activating group) is 2. The SMILES string of the molecule is CCNCC(O)CN(CC)CC(C)C. The molecule has 2 N–H and O–H groups in total. The Morgan fingerprint density at radius 3 is 2.29 bits per heavy atom. The number of aliphatic hydroxyl groups is 1. The molecule has 0 aromatic rings. The van der Waals surface area contributed by atoms with Crippen molar-refractivity contribution in [3.05, 3.63) is 0 Å². The van der Waals surface area contributed by atoms with Crippen molar-refractivity contribution in [3.8, 4) is 0 Å². The Labute approximate surface area is 88.5 Å². The first kappa shape index (κ1) is 13.9. The molecule has 0 aliphatic heterocycles. The van der Waals surface area contributed by atoms with Crippen molar-refractivity contribution >= 4 is 0 Å². The molecule has 0 amide bonds. The van der Waals surface area contributed by atoms with Gasteiger partial charge in [0.25, 0.3) is 0 Å². The Kier molecular flexibility index (Phi) is 8.14. The van der Waals surface area contributed by atoms with Crippen LogP contribution in [0.25, 0.3) is 0 Å². The molecular weight excluding hydrogens is 176 g/mol. The molecule has 0 saturated carbocycles. The standard InChI is InChI=1S/C11H26N2O/c1-5-12-7-11(14)9-13(6-2)8-10(3)4/h10-12,14H,5-9H2,1-4H3. The third kappa shape index (κ3) is 7.30. The minimum absolute atomic E-state index is 0.242. The summed E-state index contributed by atoms with van der Waals surface area (Å²) >= 11 is 0. The zero-order valence-corrected chi connectivity index (χ0v) is 10.1. The number of hydrogen-bond acceptors (Lipinski definition) is 3. The van der Waals surface area contributed by atoms with Gasteiger partial charge in [-0.1, -0.05) is 27.7 Å². The summed E-state index contributed by atoms with van der Waals surface area (Å²) in [6.45, 7) is 13.1. The Morgan fingerprint density at radius 2 is 1.86 bits per heavy atom. The summed E-state index contributed by atoms with van der Waals surface area (Å²) in [5.74, 6) is 0.668. The summed E-state index contributed by atoms with van der Waals surface area (Å²) in [5, 5.41) is 12.8. The summed E-state index contributed by atoms with van der Waals surface area (Å²) in [4.78, 5) is 2.30. The predicted octanol–water partition coefficient (Wildman–Crippen LogP) is 0.935. The predicted molar refractivity (Wildman–Crippen MR) is 61.5 cm³/mol. The lowest BCUT2D eigenvalue weighted by atomic mass is 10.2. The van der Waals surface area contributed by atoms with E-state index in [-0.39, 0.29) is 6.10 Å². The van der Waals surface area contributed by atoms with E-state index in [1.165, 1.54) is 0 Å². The first-order chi connectivity index (χ1) is 6.60. The van der Waals surface area contributed by atoms with Crippen LogP contribution in [0.1, 0.15) is 27.7 Å². The van der Waals surface area contributed by atoms with Crippen LogP contribution < -0.4 is 5.32 Å². The van der Waals surface area contributed by atoms with Crippen molar-refractivity contribution < 1.29 is 5.11 Å². The number of aliphatic hydroxyl groups excluding tert-OH is 1. The van der Waals surface area contributed by atoms with Crippen LogP contribution in [0, 0.1) is 5.92 Å². The highest BCUT2D eigenvalue weighted by Gasteiger charge is 2.10. The second-order valence-corrected chi connectivity index (χ2v) is 4.21. The van der Waals surface area contributed by atoms with Gasteiger partial charge in [-0.15, -0.1) is 0 Å². The lowest BCUT2D eigenvalue weighted by molar-refractivity contribution is 0.108. The van der Waals surface area contributed by atoms with E-state index in [4.69, 9.17) is 0 Å². The Morgan fingerprint density at radius 1 is 1.21 bits per heavy atom. The molecule has 0 rings (SSSR count). The van der Waals surface area contributed by atoms with Crippen molar-refractivity contribution in [1.82, 2.24) is 10.2 Å². The molecule has 0 fully saturated rings. The molecule has 0 radical (unpaired) electrons. The zero-order valence-electron chi connectivity index (χ0n) is 10.1. The van der Waals surface area contributed by atoms with Crippen molar-refractivity contribution in [2.24, 2.45) is 5.92 Å². The van der Waals surface area contributed by atoms with Gasteiger partial charge in [-0.3, -0.25) is 0 Å². The molecule has 0 spiro atoms. The topological polar surface area (TPSA) is 35.5 Å². The Bertz CT molecular complexity index is 128. The summed E-state index contributed by atoms with van der Waals surface area (Å²) < 4.78 is 0. The van der Waals surface area contributed by atoms with Gasteiger partial charge in [-0.05, 0) is 19.0 Å². The molecule has 86 valence electrons. The minimum atomic E-state index is -0.242. The second-order valence-electron chi connectivity index (χ2n) is 4.21. The van der Waals surface area contributed by atoms with Crippen LogP contribution in [0.3, 0.4) is 0 Å². The molecular formula is C11H26N2O. The molecule has 0 aliphatic carbocycles. The first-order valence-corrected chi connectivity index (χ1v) is 5.71. The molecule has 0 heterocycles. The second kappa shape index (κ2) is 8.21. The van der Waals surface area contributed by atoms with E-state index < -0.39 is 0 Å². The first-order valence-electron chi connectivity index (χ1n) is 5.71. The van der Waals surface area contributed by atoms with E-state index in [0.29, 0.717) is 12.5 Å². The minimum Gasteiger partial charge on any atom is -0.390 e. The molecule has 0 aromatic heterocycles. The van der Waals surface area contributed by atoms with Crippen LogP contribution in [0.2, 0.25) is 0 Å². The van der Waals surface area contributed by atoms with Crippen LogP contribution >= 0.6 is 0 Å². The van der Waals surface area contributed by atoms with Crippen molar-refractivity contribution in [1.29, 1.82) is 0 Å². The van der Waals surface area contributed by atoms with Gasteiger partial charge < -0.3 is 15.3 Å². The molecule has 14 heavy (non-hydrogen) atoms. The summed E-state index contributed by atoms with van der Waals surface area (Å²) in [6, 6.07) is 0. The zero-order chi connectivity index (χ0) is 11.0. The molecule has 1 atom stereocenters. The third-order valence-corrected chi connectivity index (χ3v) is 2.17. The van der Waals surface area contributed by atoms with E-state index in [9.17, 15) is 5.11 Å². The maximum atomic E-state index is 9.69. The van der Waals surface area contributed by atoms with E-state index in [2.05, 4.69) is 37.9 Å². The molecule has 0 bridgehead atoms. The summed E-state index contributed by atoms with van der Waals surface area (Å²) in [5.41, 5.74) is 0. The highest BCUT2D eigenvalue weighted by atomic mass is 16.3. The Hall–Kier alpha value is -0.120. The number of nitrogens with one attached hydrogen (secondary N) is 1. The lowest BCUT2D eigenvalue weighted by Crippen LogP contribution is -2.39. The molecule has 0 saturated heterocycles. The van der Waals surface area contributed by atoms with Crippen LogP contribution in [0.4, 0.5) is 0 Å². The van der Waals surface area contributed by atoms with Crippen LogP contribution in [0.5, 0.6) is 0 Å². The molecule has 0 aliphatic rings. The maximum absolute atomic E-state index is 9.69. The molecule has 3 nitrogen and oxygen atoms in total. The average Bonchev–Trinajstić information content (AvgIpc) is 2.12. The summed E-state index contributed by atoms with van der Waals surface area (Å²) in [6.07, 6.45) is -0.242. The van der Waals surface area contributed by atoms with Crippen molar-refractivity contribution in [2.75, 3.05) is 32.7 Å². The highest BCUT2D eigenvalue weighted by Crippen LogP contribution is 1.99. The van der Waals surface area contributed by atoms with Gasteiger partial charge in [0.2, 0.25) is 0 Å². The fourth-order valence-corrected chi connectivity index (χ4v) is 1.52. The fourth-order valence-electron chi connectivity index (χ4n) is 1.52. The third-order valence-electron chi connectivity index (χ3n) is 2.17. The summed E-state index contributed by atoms with van der Waals surface area (Å²) in [7, 11) is 0. The maximum Gasteiger partial charge on any atom is 0.0791 e. The van der Waals surface area contributed by atoms with Crippen LogP contribution in [-0.2, 0) is 0 Å². The van der Waals surface area contributed by atoms with Gasteiger partial charge in [0.05, 0.1) is 6.10 Å². The highest BCUT2D eigenvalue weighted by molar-refractivity contribution is 4.66. The van der Waals surface area contributed by atoms with Gasteiger partial charge in [0.1, 0.15) is 0 Å². The van der Waals surface area contributed by atoms with E-state index in [1.807, 2.05) is 0 Å². The van der Waals surface area contributed by atoms with E-state index >= 15 is 0 Å². The van der Waals surface area contributed by atoms with Crippen LogP contribution in [0.15, 0.2) is 0 Å². The molecule has 0 aromatic carbocycles. The smallest absolute Gasteiger partial charge is 0.0791 e. The van der Waals surface area contributed by atoms with E-state index in [0.717, 1.165) is 26.2 Å². The van der Waals surface area contributed by atoms with Gasteiger partial charge in [-0.25, -0.2) is 0 Å². The number of nitrogens with zero attached hydrogens (tertiary/aromatic N) is 1. The van der Waals surface area contributed by atoms with Gasteiger partial charge >= 0.3 is 0 Å².